The molecule has 7 heteroatoms. The quantitative estimate of drug-likeness (QED) is 0.750. The van der Waals surface area contributed by atoms with Gasteiger partial charge >= 0.3 is 0 Å². The molecule has 0 aliphatic heterocycles. The molecule has 1 aromatic carbocycles. The van der Waals surface area contributed by atoms with Crippen LogP contribution in [-0.4, -0.2) is 28.5 Å². The lowest BCUT2D eigenvalue weighted by Crippen LogP contribution is -2.39. The number of aromatic nitrogens is 2. The summed E-state index contributed by atoms with van der Waals surface area (Å²) in [6.07, 6.45) is 3.08. The molecule has 1 atom stereocenters. The van der Waals surface area contributed by atoms with Crippen LogP contribution in [0.15, 0.2) is 40.9 Å². The predicted octanol–water partition coefficient (Wildman–Crippen LogP) is 2.02. The zero-order chi connectivity index (χ0) is 18.2. The van der Waals surface area contributed by atoms with Crippen molar-refractivity contribution in [3.8, 4) is 0 Å². The number of hydrogen-bond donors (Lipinski definition) is 2. The first kappa shape index (κ1) is 18.4. The smallest absolute Gasteiger partial charge is 0.249 e. The van der Waals surface area contributed by atoms with E-state index in [0.717, 1.165) is 5.56 Å². The summed E-state index contributed by atoms with van der Waals surface area (Å²) in [5, 5.41) is 9.09. The summed E-state index contributed by atoms with van der Waals surface area (Å²) in [6, 6.07) is 9.04. The molecule has 1 aromatic heterocycles. The first-order chi connectivity index (χ1) is 12.0. The second kappa shape index (κ2) is 8.77. The fourth-order valence-corrected chi connectivity index (χ4v) is 2.14. The first-order valence-corrected chi connectivity index (χ1v) is 8.06. The Bertz CT molecular complexity index is 738. The highest BCUT2D eigenvalue weighted by Crippen LogP contribution is 2.19. The molecule has 2 rings (SSSR count). The van der Waals surface area contributed by atoms with E-state index >= 15 is 0 Å². The summed E-state index contributed by atoms with van der Waals surface area (Å²) in [5.74, 6) is 0.271. The van der Waals surface area contributed by atoms with E-state index < -0.39 is 6.04 Å². The van der Waals surface area contributed by atoms with Gasteiger partial charge in [0.1, 0.15) is 6.04 Å². The number of benzene rings is 1. The van der Waals surface area contributed by atoms with Gasteiger partial charge in [0.2, 0.25) is 17.7 Å². The van der Waals surface area contributed by atoms with Gasteiger partial charge in [0.15, 0.2) is 5.82 Å². The molecule has 0 bridgehead atoms. The zero-order valence-electron chi connectivity index (χ0n) is 14.5. The number of rotatable bonds is 7. The summed E-state index contributed by atoms with van der Waals surface area (Å²) >= 11 is 0. The topological polar surface area (TPSA) is 97.1 Å². The van der Waals surface area contributed by atoms with Crippen LogP contribution in [-0.2, 0) is 9.59 Å². The third kappa shape index (κ3) is 5.87. The zero-order valence-corrected chi connectivity index (χ0v) is 14.5. The van der Waals surface area contributed by atoms with Crippen LogP contribution in [0.5, 0.6) is 0 Å². The summed E-state index contributed by atoms with van der Waals surface area (Å²) in [7, 11) is 0. The second-order valence-electron chi connectivity index (χ2n) is 5.93. The van der Waals surface area contributed by atoms with Gasteiger partial charge in [-0.3, -0.25) is 9.59 Å². The lowest BCUT2D eigenvalue weighted by molar-refractivity contribution is -0.124. The van der Waals surface area contributed by atoms with Crippen LogP contribution >= 0.6 is 0 Å². The Morgan fingerprint density at radius 2 is 1.96 bits per heavy atom. The van der Waals surface area contributed by atoms with Crippen molar-refractivity contribution in [2.75, 3.05) is 6.54 Å². The maximum Gasteiger partial charge on any atom is 0.249 e. The Kier molecular flexibility index (Phi) is 6.45. The average molecular weight is 342 g/mol. The summed E-state index contributed by atoms with van der Waals surface area (Å²) in [5.41, 5.74) is 0.911. The highest BCUT2D eigenvalue weighted by atomic mass is 16.5. The fraction of sp³-hybridized carbons (Fsp3) is 0.333. The monoisotopic (exact) mass is 342 g/mol. The summed E-state index contributed by atoms with van der Waals surface area (Å²) in [4.78, 5) is 28.0. The van der Waals surface area contributed by atoms with Gasteiger partial charge in [-0.15, -0.1) is 0 Å². The van der Waals surface area contributed by atoms with Crippen LogP contribution in [0.2, 0.25) is 0 Å². The Labute approximate surface area is 146 Å². The third-order valence-corrected chi connectivity index (χ3v) is 3.44. The normalized spacial score (nSPS) is 12.3. The number of nitrogens with one attached hydrogen (secondary N) is 2. The third-order valence-electron chi connectivity index (χ3n) is 3.44. The van der Waals surface area contributed by atoms with E-state index in [9.17, 15) is 9.59 Å². The van der Waals surface area contributed by atoms with Crippen molar-refractivity contribution in [1.82, 2.24) is 20.8 Å². The predicted molar refractivity (Wildman–Crippen MR) is 93.2 cm³/mol. The molecule has 2 N–H and O–H groups in total. The van der Waals surface area contributed by atoms with Crippen LogP contribution < -0.4 is 10.6 Å². The Morgan fingerprint density at radius 3 is 2.56 bits per heavy atom. The molecule has 0 radical (unpaired) electrons. The second-order valence-corrected chi connectivity index (χ2v) is 5.93. The van der Waals surface area contributed by atoms with E-state index in [2.05, 4.69) is 20.8 Å². The van der Waals surface area contributed by atoms with Gasteiger partial charge in [-0.05, 0) is 24.5 Å². The lowest BCUT2D eigenvalue weighted by atomic mass is 10.0. The van der Waals surface area contributed by atoms with E-state index in [1.54, 1.807) is 13.0 Å². The van der Waals surface area contributed by atoms with E-state index in [1.165, 1.54) is 6.08 Å². The van der Waals surface area contributed by atoms with Crippen molar-refractivity contribution in [3.05, 3.63) is 53.7 Å². The van der Waals surface area contributed by atoms with Gasteiger partial charge in [0.25, 0.3) is 0 Å². The molecule has 0 saturated carbocycles. The highest BCUT2D eigenvalue weighted by molar-refractivity contribution is 5.94. The van der Waals surface area contributed by atoms with E-state index in [0.29, 0.717) is 11.7 Å². The van der Waals surface area contributed by atoms with Crippen molar-refractivity contribution in [2.24, 2.45) is 5.92 Å². The summed E-state index contributed by atoms with van der Waals surface area (Å²) in [6.45, 7) is 5.46. The van der Waals surface area contributed by atoms with Gasteiger partial charge in [-0.1, -0.05) is 49.3 Å². The molecule has 0 aliphatic carbocycles. The van der Waals surface area contributed by atoms with Crippen molar-refractivity contribution in [1.29, 1.82) is 0 Å². The van der Waals surface area contributed by atoms with Gasteiger partial charge in [-0.25, -0.2) is 0 Å². The average Bonchev–Trinajstić information content (AvgIpc) is 3.02. The van der Waals surface area contributed by atoms with E-state index in [-0.39, 0.29) is 24.3 Å². The maximum absolute atomic E-state index is 12.1. The van der Waals surface area contributed by atoms with Crippen molar-refractivity contribution >= 4 is 17.9 Å². The van der Waals surface area contributed by atoms with Crippen LogP contribution in [0, 0.1) is 12.8 Å². The fourth-order valence-electron chi connectivity index (χ4n) is 2.14. The van der Waals surface area contributed by atoms with Gasteiger partial charge < -0.3 is 15.2 Å². The molecule has 2 amide bonds. The Morgan fingerprint density at radius 1 is 1.24 bits per heavy atom. The maximum atomic E-state index is 12.1. The van der Waals surface area contributed by atoms with Crippen LogP contribution in [0.3, 0.4) is 0 Å². The largest absolute Gasteiger partial charge is 0.343 e. The molecule has 0 fully saturated rings. The van der Waals surface area contributed by atoms with Gasteiger partial charge in [0.05, 0.1) is 6.54 Å². The van der Waals surface area contributed by atoms with E-state index in [1.807, 2.05) is 44.2 Å². The minimum atomic E-state index is -0.398. The van der Waals surface area contributed by atoms with Crippen molar-refractivity contribution in [3.63, 3.8) is 0 Å². The Hall–Kier alpha value is -2.96. The van der Waals surface area contributed by atoms with Crippen LogP contribution in [0.1, 0.15) is 37.2 Å². The standard InChI is InChI=1S/C18H22N4O3/c1-12(2)17(18-20-13(3)22-25-18)21-16(24)11-19-15(23)10-9-14-7-5-4-6-8-14/h4-10,12,17H,11H2,1-3H3,(H,19,23)(H,21,24)/b10-9+/t17-/m1/s1. The molecule has 0 unspecified atom stereocenters. The number of hydrogen-bond acceptors (Lipinski definition) is 5. The lowest BCUT2D eigenvalue weighted by Gasteiger charge is -2.18. The molecular weight excluding hydrogens is 320 g/mol. The van der Waals surface area contributed by atoms with E-state index in [4.69, 9.17) is 4.52 Å². The minimum absolute atomic E-state index is 0.0671. The SMILES string of the molecule is Cc1noc([C@H](NC(=O)CNC(=O)/C=C/c2ccccc2)C(C)C)n1. The van der Waals surface area contributed by atoms with Crippen molar-refractivity contribution in [2.45, 2.75) is 26.8 Å². The molecule has 0 aliphatic rings. The first-order valence-electron chi connectivity index (χ1n) is 8.06. The molecule has 0 spiro atoms. The molecule has 2 aromatic rings. The molecule has 1 heterocycles. The number of amides is 2. The van der Waals surface area contributed by atoms with Crippen LogP contribution in [0.4, 0.5) is 0 Å². The van der Waals surface area contributed by atoms with Gasteiger partial charge in [0, 0.05) is 6.08 Å². The minimum Gasteiger partial charge on any atom is -0.343 e. The highest BCUT2D eigenvalue weighted by Gasteiger charge is 2.23. The Balaban J connectivity index is 1.84. The van der Waals surface area contributed by atoms with Crippen molar-refractivity contribution < 1.29 is 14.1 Å². The van der Waals surface area contributed by atoms with Gasteiger partial charge in [-0.2, -0.15) is 4.98 Å². The number of carbonyl (C=O) groups excluding carboxylic acids is 2. The molecular formula is C18H22N4O3. The molecule has 25 heavy (non-hydrogen) atoms. The van der Waals surface area contributed by atoms with Crippen LogP contribution in [0.25, 0.3) is 6.08 Å². The summed E-state index contributed by atoms with van der Waals surface area (Å²) < 4.78 is 5.13. The molecule has 0 saturated heterocycles. The molecule has 7 nitrogen and oxygen atoms in total. The number of carbonyl (C=O) groups is 2. The molecule has 132 valence electrons. The number of aryl methyl sites for hydroxylation is 1. The number of nitrogens with zero attached hydrogens (tertiary/aromatic N) is 2.